The van der Waals surface area contributed by atoms with Crippen LogP contribution in [0, 0.1) is 0 Å². The Labute approximate surface area is 49.3 Å². The SMILES string of the molecule is C=C(N)CCC(=C)O. The molecular weight excluding hydrogens is 102 g/mol. The summed E-state index contributed by atoms with van der Waals surface area (Å²) in [5.74, 6) is 0.164. The van der Waals surface area contributed by atoms with Gasteiger partial charge < -0.3 is 10.8 Å². The van der Waals surface area contributed by atoms with Gasteiger partial charge in [0.2, 0.25) is 0 Å². The Morgan fingerprint density at radius 3 is 2.00 bits per heavy atom. The number of aliphatic hydroxyl groups excluding tert-OH is 1. The van der Waals surface area contributed by atoms with Crippen molar-refractivity contribution in [3.05, 3.63) is 24.6 Å². The molecule has 0 aromatic heterocycles. The Morgan fingerprint density at radius 2 is 1.88 bits per heavy atom. The first kappa shape index (κ1) is 7.08. The lowest BCUT2D eigenvalue weighted by atomic mass is 10.2. The van der Waals surface area contributed by atoms with Gasteiger partial charge in [0.1, 0.15) is 0 Å². The normalized spacial score (nSPS) is 8.50. The largest absolute Gasteiger partial charge is 0.513 e. The fourth-order valence-corrected chi connectivity index (χ4v) is 0.305. The molecule has 46 valence electrons. The van der Waals surface area contributed by atoms with Gasteiger partial charge in [-0.15, -0.1) is 0 Å². The molecule has 0 aliphatic rings. The van der Waals surface area contributed by atoms with Crippen LogP contribution in [0.4, 0.5) is 0 Å². The van der Waals surface area contributed by atoms with Crippen molar-refractivity contribution in [2.75, 3.05) is 0 Å². The quantitative estimate of drug-likeness (QED) is 0.542. The smallest absolute Gasteiger partial charge is 0.0854 e. The van der Waals surface area contributed by atoms with Gasteiger partial charge in [-0.3, -0.25) is 0 Å². The molecule has 0 aliphatic carbocycles. The first-order chi connectivity index (χ1) is 3.63. The summed E-state index contributed by atoms with van der Waals surface area (Å²) in [5.41, 5.74) is 5.78. The summed E-state index contributed by atoms with van der Waals surface area (Å²) in [7, 11) is 0. The van der Waals surface area contributed by atoms with Gasteiger partial charge >= 0.3 is 0 Å². The third-order valence-corrected chi connectivity index (χ3v) is 0.735. The molecule has 0 aliphatic heterocycles. The minimum Gasteiger partial charge on any atom is -0.513 e. The molecule has 0 aromatic carbocycles. The monoisotopic (exact) mass is 113 g/mol. The molecule has 0 spiro atoms. The molecule has 0 rings (SSSR count). The van der Waals surface area contributed by atoms with Gasteiger partial charge in [-0.25, -0.2) is 0 Å². The van der Waals surface area contributed by atoms with E-state index in [1.54, 1.807) is 0 Å². The molecule has 0 aromatic rings. The number of hydrogen-bond donors (Lipinski definition) is 2. The van der Waals surface area contributed by atoms with Crippen LogP contribution in [0.1, 0.15) is 12.8 Å². The maximum atomic E-state index is 8.51. The van der Waals surface area contributed by atoms with Crippen molar-refractivity contribution < 1.29 is 5.11 Å². The fourth-order valence-electron chi connectivity index (χ4n) is 0.305. The van der Waals surface area contributed by atoms with Crippen LogP contribution in [0.5, 0.6) is 0 Å². The molecule has 0 heterocycles. The van der Waals surface area contributed by atoms with E-state index in [9.17, 15) is 0 Å². The van der Waals surface area contributed by atoms with E-state index in [1.165, 1.54) is 0 Å². The van der Waals surface area contributed by atoms with Crippen LogP contribution in [0.15, 0.2) is 24.6 Å². The molecule has 0 bridgehead atoms. The van der Waals surface area contributed by atoms with Crippen molar-refractivity contribution in [3.63, 3.8) is 0 Å². The van der Waals surface area contributed by atoms with E-state index in [0.717, 1.165) is 0 Å². The van der Waals surface area contributed by atoms with Gasteiger partial charge in [-0.2, -0.15) is 0 Å². The molecule has 0 unspecified atom stereocenters. The van der Waals surface area contributed by atoms with Crippen molar-refractivity contribution >= 4 is 0 Å². The van der Waals surface area contributed by atoms with Crippen molar-refractivity contribution in [3.8, 4) is 0 Å². The number of nitrogens with two attached hydrogens (primary N) is 1. The van der Waals surface area contributed by atoms with Gasteiger partial charge in [0.05, 0.1) is 5.76 Å². The second kappa shape index (κ2) is 3.13. The summed E-state index contributed by atoms with van der Waals surface area (Å²) < 4.78 is 0. The number of rotatable bonds is 3. The van der Waals surface area contributed by atoms with Crippen LogP contribution in [0.3, 0.4) is 0 Å². The third kappa shape index (κ3) is 5.08. The predicted molar refractivity (Wildman–Crippen MR) is 34.3 cm³/mol. The van der Waals surface area contributed by atoms with Crippen LogP contribution in [0.2, 0.25) is 0 Å². The van der Waals surface area contributed by atoms with Crippen LogP contribution in [-0.4, -0.2) is 5.11 Å². The van der Waals surface area contributed by atoms with Gasteiger partial charge in [-0.1, -0.05) is 13.2 Å². The van der Waals surface area contributed by atoms with Gasteiger partial charge in [0, 0.05) is 12.1 Å². The first-order valence-corrected chi connectivity index (χ1v) is 2.43. The summed E-state index contributed by atoms with van der Waals surface area (Å²) in [5, 5.41) is 8.51. The zero-order chi connectivity index (χ0) is 6.57. The molecule has 2 heteroatoms. The Hall–Kier alpha value is -0.920. The van der Waals surface area contributed by atoms with E-state index >= 15 is 0 Å². The van der Waals surface area contributed by atoms with E-state index in [1.807, 2.05) is 0 Å². The van der Waals surface area contributed by atoms with E-state index in [4.69, 9.17) is 10.8 Å². The molecule has 0 radical (unpaired) electrons. The van der Waals surface area contributed by atoms with Crippen LogP contribution < -0.4 is 5.73 Å². The standard InChI is InChI=1S/C6H11NO/c1-5(7)3-4-6(2)8/h8H,1-4,7H2. The maximum Gasteiger partial charge on any atom is 0.0854 e. The highest BCUT2D eigenvalue weighted by Gasteiger charge is 1.88. The molecule has 8 heavy (non-hydrogen) atoms. The maximum absolute atomic E-state index is 8.51. The highest BCUT2D eigenvalue weighted by atomic mass is 16.3. The predicted octanol–water partition coefficient (Wildman–Crippen LogP) is 1.31. The molecule has 0 fully saturated rings. The second-order valence-corrected chi connectivity index (χ2v) is 1.72. The molecule has 2 nitrogen and oxygen atoms in total. The van der Waals surface area contributed by atoms with E-state index in [2.05, 4.69) is 13.2 Å². The van der Waals surface area contributed by atoms with E-state index in [0.29, 0.717) is 18.5 Å². The number of aliphatic hydroxyl groups is 1. The van der Waals surface area contributed by atoms with Gasteiger partial charge in [0.15, 0.2) is 0 Å². The molecule has 0 atom stereocenters. The Balaban J connectivity index is 3.18. The topological polar surface area (TPSA) is 46.2 Å². The summed E-state index contributed by atoms with van der Waals surface area (Å²) in [6.45, 7) is 6.74. The summed E-state index contributed by atoms with van der Waals surface area (Å²) in [6.07, 6.45) is 1.14. The van der Waals surface area contributed by atoms with Crippen molar-refractivity contribution in [1.82, 2.24) is 0 Å². The molecule has 0 amide bonds. The van der Waals surface area contributed by atoms with Gasteiger partial charge in [0.25, 0.3) is 0 Å². The average molecular weight is 113 g/mol. The summed E-state index contributed by atoms with van der Waals surface area (Å²) >= 11 is 0. The lowest BCUT2D eigenvalue weighted by Crippen LogP contribution is -1.94. The average Bonchev–Trinajstić information content (AvgIpc) is 1.61. The number of allylic oxidation sites excluding steroid dienone is 2. The highest BCUT2D eigenvalue weighted by Crippen LogP contribution is 2.00. The first-order valence-electron chi connectivity index (χ1n) is 2.43. The fraction of sp³-hybridized carbons (Fsp3) is 0.333. The lowest BCUT2D eigenvalue weighted by molar-refractivity contribution is 0.391. The molecular formula is C6H11NO. The zero-order valence-electron chi connectivity index (χ0n) is 4.85. The zero-order valence-corrected chi connectivity index (χ0v) is 4.85. The summed E-state index contributed by atoms with van der Waals surface area (Å²) in [6, 6.07) is 0. The Bertz CT molecular complexity index is 93.1. The van der Waals surface area contributed by atoms with Crippen molar-refractivity contribution in [1.29, 1.82) is 0 Å². The van der Waals surface area contributed by atoms with Crippen molar-refractivity contribution in [2.24, 2.45) is 5.73 Å². The van der Waals surface area contributed by atoms with Crippen molar-refractivity contribution in [2.45, 2.75) is 12.8 Å². The minimum absolute atomic E-state index is 0.164. The molecule has 0 saturated heterocycles. The number of hydrogen-bond acceptors (Lipinski definition) is 2. The molecule has 3 N–H and O–H groups in total. The van der Waals surface area contributed by atoms with Crippen LogP contribution in [-0.2, 0) is 0 Å². The van der Waals surface area contributed by atoms with E-state index < -0.39 is 0 Å². The highest BCUT2D eigenvalue weighted by molar-refractivity contribution is 4.91. The second-order valence-electron chi connectivity index (χ2n) is 1.72. The van der Waals surface area contributed by atoms with Gasteiger partial charge in [-0.05, 0) is 6.42 Å². The van der Waals surface area contributed by atoms with Crippen LogP contribution >= 0.6 is 0 Å². The Kier molecular flexibility index (Phi) is 2.77. The van der Waals surface area contributed by atoms with E-state index in [-0.39, 0.29) is 5.76 Å². The third-order valence-electron chi connectivity index (χ3n) is 0.735. The minimum atomic E-state index is 0.164. The Morgan fingerprint density at radius 1 is 1.38 bits per heavy atom. The lowest BCUT2D eigenvalue weighted by Gasteiger charge is -1.95. The molecule has 0 saturated carbocycles. The summed E-state index contributed by atoms with van der Waals surface area (Å²) in [4.78, 5) is 0. The van der Waals surface area contributed by atoms with Crippen LogP contribution in [0.25, 0.3) is 0 Å².